The molecule has 1 atom stereocenters. The molecule has 0 bridgehead atoms. The lowest BCUT2D eigenvalue weighted by atomic mass is 10.0. The Hall–Kier alpha value is -1.76. The zero-order valence-electron chi connectivity index (χ0n) is 14.8. The van der Waals surface area contributed by atoms with Gasteiger partial charge in [-0.1, -0.05) is 13.0 Å². The van der Waals surface area contributed by atoms with E-state index in [0.29, 0.717) is 30.4 Å². The first kappa shape index (κ1) is 18.6. The molecule has 134 valence electrons. The van der Waals surface area contributed by atoms with Crippen LogP contribution in [0.5, 0.6) is 5.75 Å². The molecule has 1 aliphatic rings. The van der Waals surface area contributed by atoms with E-state index >= 15 is 0 Å². The predicted molar refractivity (Wildman–Crippen MR) is 94.9 cm³/mol. The van der Waals surface area contributed by atoms with Crippen molar-refractivity contribution in [3.05, 3.63) is 23.8 Å². The van der Waals surface area contributed by atoms with Crippen LogP contribution in [0.2, 0.25) is 0 Å². The second kappa shape index (κ2) is 7.42. The summed E-state index contributed by atoms with van der Waals surface area (Å²) in [5.74, 6) is 0.712. The first-order valence-corrected chi connectivity index (χ1v) is 9.97. The topological polar surface area (TPSA) is 66.9 Å². The molecule has 1 heterocycles. The van der Waals surface area contributed by atoms with Crippen molar-refractivity contribution in [3.8, 4) is 5.75 Å². The van der Waals surface area contributed by atoms with E-state index in [0.717, 1.165) is 29.0 Å². The van der Waals surface area contributed by atoms with E-state index in [1.807, 2.05) is 13.0 Å². The number of amides is 1. The molecule has 1 aliphatic heterocycles. The molecule has 24 heavy (non-hydrogen) atoms. The highest BCUT2D eigenvalue weighted by Gasteiger charge is 2.28. The van der Waals surface area contributed by atoms with Gasteiger partial charge in [-0.05, 0) is 43.4 Å². The molecule has 0 spiro atoms. The van der Waals surface area contributed by atoms with Gasteiger partial charge in [-0.2, -0.15) is 0 Å². The van der Waals surface area contributed by atoms with E-state index in [-0.39, 0.29) is 12.5 Å². The molecule has 1 fully saturated rings. The Labute approximate surface area is 144 Å². The lowest BCUT2D eigenvalue weighted by Crippen LogP contribution is -2.46. The van der Waals surface area contributed by atoms with Gasteiger partial charge in [-0.3, -0.25) is 9.10 Å². The van der Waals surface area contributed by atoms with Crippen molar-refractivity contribution in [3.63, 3.8) is 0 Å². The fourth-order valence-electron chi connectivity index (χ4n) is 3.01. The van der Waals surface area contributed by atoms with Crippen LogP contribution in [0.4, 0.5) is 5.69 Å². The van der Waals surface area contributed by atoms with Gasteiger partial charge in [0.05, 0.1) is 19.1 Å². The Morgan fingerprint density at radius 1 is 1.42 bits per heavy atom. The van der Waals surface area contributed by atoms with Gasteiger partial charge in [0.1, 0.15) is 12.3 Å². The minimum Gasteiger partial charge on any atom is -0.495 e. The lowest BCUT2D eigenvalue weighted by molar-refractivity contribution is -0.131. The fourth-order valence-corrected chi connectivity index (χ4v) is 3.86. The molecule has 6 nitrogen and oxygen atoms in total. The standard InChI is InChI=1S/C17H26N2O4S/c1-13-7-8-16(23-3)15(10-13)19(24(4,21)22)12-17(20)18-9-5-6-14(2)11-18/h7-8,10,14H,5-6,9,11-12H2,1-4H3/t14-/m1/s1. The van der Waals surface area contributed by atoms with E-state index in [4.69, 9.17) is 4.74 Å². The van der Waals surface area contributed by atoms with Crippen molar-refractivity contribution < 1.29 is 17.9 Å². The largest absolute Gasteiger partial charge is 0.495 e. The Bertz CT molecular complexity index is 703. The van der Waals surface area contributed by atoms with Crippen LogP contribution in [0.25, 0.3) is 0 Å². The van der Waals surface area contributed by atoms with E-state index in [2.05, 4.69) is 6.92 Å². The zero-order valence-corrected chi connectivity index (χ0v) is 15.6. The van der Waals surface area contributed by atoms with Crippen molar-refractivity contribution in [2.45, 2.75) is 26.7 Å². The number of anilines is 1. The zero-order chi connectivity index (χ0) is 17.9. The third kappa shape index (κ3) is 4.41. The van der Waals surface area contributed by atoms with Crippen molar-refractivity contribution >= 4 is 21.6 Å². The van der Waals surface area contributed by atoms with E-state index in [1.54, 1.807) is 17.0 Å². The molecular weight excluding hydrogens is 328 g/mol. The number of hydrogen-bond donors (Lipinski definition) is 0. The second-order valence-electron chi connectivity index (χ2n) is 6.53. The summed E-state index contributed by atoms with van der Waals surface area (Å²) in [7, 11) is -2.12. The number of aryl methyl sites for hydroxylation is 1. The Morgan fingerprint density at radius 3 is 2.71 bits per heavy atom. The maximum absolute atomic E-state index is 12.6. The van der Waals surface area contributed by atoms with Crippen molar-refractivity contribution in [2.75, 3.05) is 37.3 Å². The third-order valence-corrected chi connectivity index (χ3v) is 5.42. The average Bonchev–Trinajstić information content (AvgIpc) is 2.51. The van der Waals surface area contributed by atoms with Crippen LogP contribution >= 0.6 is 0 Å². The van der Waals surface area contributed by atoms with Crippen LogP contribution in [0, 0.1) is 12.8 Å². The van der Waals surface area contributed by atoms with Crippen LogP contribution in [0.15, 0.2) is 18.2 Å². The Morgan fingerprint density at radius 2 is 2.12 bits per heavy atom. The smallest absolute Gasteiger partial charge is 0.243 e. The monoisotopic (exact) mass is 354 g/mol. The molecule has 1 aromatic carbocycles. The summed E-state index contributed by atoms with van der Waals surface area (Å²) in [6.07, 6.45) is 3.17. The number of piperidine rings is 1. The van der Waals surface area contributed by atoms with Crippen LogP contribution < -0.4 is 9.04 Å². The third-order valence-electron chi connectivity index (χ3n) is 4.29. The summed E-state index contributed by atoms with van der Waals surface area (Å²) in [5.41, 5.74) is 1.30. The molecule has 0 aliphatic carbocycles. The number of benzene rings is 1. The molecule has 1 saturated heterocycles. The first-order chi connectivity index (χ1) is 11.2. The Balaban J connectivity index is 2.30. The molecule has 2 rings (SSSR count). The van der Waals surface area contributed by atoms with Crippen LogP contribution in [0.1, 0.15) is 25.3 Å². The molecule has 0 unspecified atom stereocenters. The second-order valence-corrected chi connectivity index (χ2v) is 8.44. The average molecular weight is 354 g/mol. The van der Waals surface area contributed by atoms with E-state index < -0.39 is 10.0 Å². The minimum absolute atomic E-state index is 0.171. The molecule has 7 heteroatoms. The number of sulfonamides is 1. The van der Waals surface area contributed by atoms with Crippen molar-refractivity contribution in [2.24, 2.45) is 5.92 Å². The van der Waals surface area contributed by atoms with Crippen molar-refractivity contribution in [1.29, 1.82) is 0 Å². The number of carbonyl (C=O) groups excluding carboxylic acids is 1. The van der Waals surface area contributed by atoms with Gasteiger partial charge < -0.3 is 9.64 Å². The van der Waals surface area contributed by atoms with Gasteiger partial charge in [0.25, 0.3) is 0 Å². The van der Waals surface area contributed by atoms with Gasteiger partial charge in [-0.15, -0.1) is 0 Å². The highest BCUT2D eigenvalue weighted by Crippen LogP contribution is 2.31. The first-order valence-electron chi connectivity index (χ1n) is 8.12. The maximum Gasteiger partial charge on any atom is 0.243 e. The number of methoxy groups -OCH3 is 1. The summed E-state index contributed by atoms with van der Waals surface area (Å²) >= 11 is 0. The highest BCUT2D eigenvalue weighted by molar-refractivity contribution is 7.92. The van der Waals surface area contributed by atoms with Crippen molar-refractivity contribution in [1.82, 2.24) is 4.90 Å². The number of hydrogen-bond acceptors (Lipinski definition) is 4. The number of ether oxygens (including phenoxy) is 1. The number of likely N-dealkylation sites (tertiary alicyclic amines) is 1. The molecule has 0 aromatic heterocycles. The summed E-state index contributed by atoms with van der Waals surface area (Å²) < 4.78 is 31.0. The van der Waals surface area contributed by atoms with Crippen LogP contribution in [-0.2, 0) is 14.8 Å². The van der Waals surface area contributed by atoms with Gasteiger partial charge in [-0.25, -0.2) is 8.42 Å². The molecular formula is C17H26N2O4S. The molecule has 0 saturated carbocycles. The highest BCUT2D eigenvalue weighted by atomic mass is 32.2. The van der Waals surface area contributed by atoms with E-state index in [9.17, 15) is 13.2 Å². The lowest BCUT2D eigenvalue weighted by Gasteiger charge is -2.33. The number of nitrogens with zero attached hydrogens (tertiary/aromatic N) is 2. The maximum atomic E-state index is 12.6. The molecule has 0 N–H and O–H groups in total. The number of rotatable bonds is 5. The quantitative estimate of drug-likeness (QED) is 0.811. The van der Waals surface area contributed by atoms with Gasteiger partial charge in [0.2, 0.25) is 15.9 Å². The normalized spacial score (nSPS) is 18.3. The number of carbonyl (C=O) groups is 1. The summed E-state index contributed by atoms with van der Waals surface area (Å²) in [4.78, 5) is 14.4. The SMILES string of the molecule is COc1ccc(C)cc1N(CC(=O)N1CCC[C@@H](C)C1)S(C)(=O)=O. The summed E-state index contributed by atoms with van der Waals surface area (Å²) in [6.45, 7) is 5.15. The van der Waals surface area contributed by atoms with E-state index in [1.165, 1.54) is 7.11 Å². The Kier molecular flexibility index (Phi) is 5.74. The van der Waals surface area contributed by atoms with Gasteiger partial charge >= 0.3 is 0 Å². The fraction of sp³-hybridized carbons (Fsp3) is 0.588. The summed E-state index contributed by atoms with van der Waals surface area (Å²) in [5, 5.41) is 0. The predicted octanol–water partition coefficient (Wildman–Crippen LogP) is 2.03. The van der Waals surface area contributed by atoms with Gasteiger partial charge in [0, 0.05) is 13.1 Å². The molecule has 1 amide bonds. The molecule has 1 aromatic rings. The minimum atomic E-state index is -3.61. The van der Waals surface area contributed by atoms with Crippen LogP contribution in [-0.4, -0.2) is 52.2 Å². The molecule has 0 radical (unpaired) electrons. The van der Waals surface area contributed by atoms with Gasteiger partial charge in [0.15, 0.2) is 0 Å². The van der Waals surface area contributed by atoms with Crippen LogP contribution in [0.3, 0.4) is 0 Å². The summed E-state index contributed by atoms with van der Waals surface area (Å²) in [6, 6.07) is 5.29.